The predicted molar refractivity (Wildman–Crippen MR) is 106 cm³/mol. The lowest BCUT2D eigenvalue weighted by Gasteiger charge is -2.17. The highest BCUT2D eigenvalue weighted by Gasteiger charge is 2.34. The number of carbonyl (C=O) groups is 1. The number of carbonyl (C=O) groups excluding carboxylic acids is 1. The monoisotopic (exact) mass is 365 g/mol. The van der Waals surface area contributed by atoms with Crippen molar-refractivity contribution in [3.8, 4) is 0 Å². The van der Waals surface area contributed by atoms with E-state index < -0.39 is 0 Å². The Kier molecular flexibility index (Phi) is 4.11. The average Bonchev–Trinajstić information content (AvgIpc) is 2.88. The van der Waals surface area contributed by atoms with Crippen LogP contribution in [0.15, 0.2) is 71.6 Å². The normalized spacial score (nSPS) is 16.2. The molecule has 0 bridgehead atoms. The van der Waals surface area contributed by atoms with Crippen LogP contribution in [0.1, 0.15) is 5.56 Å². The molecular weight excluding hydrogens is 353 g/mol. The number of rotatable bonds is 2. The molecule has 2 nitrogen and oxygen atoms in total. The van der Waals surface area contributed by atoms with E-state index in [0.717, 1.165) is 16.5 Å². The summed E-state index contributed by atoms with van der Waals surface area (Å²) < 4.78 is 13.8. The number of thioether (sulfide) groups is 1. The van der Waals surface area contributed by atoms with Crippen LogP contribution in [0.5, 0.6) is 0 Å². The Morgan fingerprint density at radius 2 is 1.76 bits per heavy atom. The summed E-state index contributed by atoms with van der Waals surface area (Å²) in [7, 11) is 0. The van der Waals surface area contributed by atoms with Crippen LogP contribution in [0.2, 0.25) is 0 Å². The molecule has 1 fully saturated rings. The van der Waals surface area contributed by atoms with Gasteiger partial charge in [0, 0.05) is 5.39 Å². The van der Waals surface area contributed by atoms with Gasteiger partial charge in [-0.2, -0.15) is 0 Å². The molecule has 122 valence electrons. The Morgan fingerprint density at radius 1 is 1.00 bits per heavy atom. The third-order valence-electron chi connectivity index (χ3n) is 3.95. The van der Waals surface area contributed by atoms with E-state index in [1.54, 1.807) is 23.1 Å². The van der Waals surface area contributed by atoms with Gasteiger partial charge in [-0.25, -0.2) is 4.39 Å². The number of halogens is 1. The van der Waals surface area contributed by atoms with Crippen molar-refractivity contribution in [1.82, 2.24) is 0 Å². The lowest BCUT2D eigenvalue weighted by Crippen LogP contribution is -2.27. The first-order valence-corrected chi connectivity index (χ1v) is 8.87. The molecule has 1 aliphatic heterocycles. The Hall–Kier alpha value is -2.50. The number of anilines is 1. The maximum Gasteiger partial charge on any atom is 0.270 e. The van der Waals surface area contributed by atoms with Gasteiger partial charge in [0.05, 0.1) is 10.6 Å². The molecule has 0 spiro atoms. The first kappa shape index (κ1) is 16.0. The Labute approximate surface area is 154 Å². The molecule has 1 heterocycles. The van der Waals surface area contributed by atoms with Gasteiger partial charge in [-0.15, -0.1) is 0 Å². The molecule has 0 N–H and O–H groups in total. The molecule has 0 atom stereocenters. The van der Waals surface area contributed by atoms with Crippen LogP contribution in [-0.4, -0.2) is 10.2 Å². The molecular formula is C20H12FNOS2. The molecule has 0 aliphatic carbocycles. The lowest BCUT2D eigenvalue weighted by atomic mass is 10.1. The maximum atomic E-state index is 13.4. The average molecular weight is 365 g/mol. The van der Waals surface area contributed by atoms with E-state index in [1.165, 1.54) is 23.9 Å². The number of thiocarbonyl (C=S) groups is 1. The van der Waals surface area contributed by atoms with Crippen molar-refractivity contribution in [3.63, 3.8) is 0 Å². The van der Waals surface area contributed by atoms with E-state index >= 15 is 0 Å². The highest BCUT2D eigenvalue weighted by molar-refractivity contribution is 8.27. The van der Waals surface area contributed by atoms with Gasteiger partial charge >= 0.3 is 0 Å². The molecule has 3 aromatic rings. The number of fused-ring (bicyclic) bond motifs is 1. The van der Waals surface area contributed by atoms with Crippen LogP contribution in [0, 0.1) is 5.82 Å². The van der Waals surface area contributed by atoms with E-state index in [-0.39, 0.29) is 11.7 Å². The van der Waals surface area contributed by atoms with E-state index in [0.29, 0.717) is 14.8 Å². The summed E-state index contributed by atoms with van der Waals surface area (Å²) in [6.45, 7) is 0. The molecule has 0 unspecified atom stereocenters. The number of nitrogens with zero attached hydrogens (tertiary/aromatic N) is 1. The SMILES string of the molecule is O=C1/C(=C\c2cccc(F)c2)SC(=S)N1c1cccc2ccccc12. The standard InChI is InChI=1S/C20H12FNOS2/c21-15-8-3-5-13(11-15)12-18-19(23)22(20(24)25-18)17-10-4-7-14-6-1-2-9-16(14)17/h1-12H/b18-12+. The Bertz CT molecular complexity index is 1040. The quantitative estimate of drug-likeness (QED) is 0.449. The summed E-state index contributed by atoms with van der Waals surface area (Å²) >= 11 is 6.67. The molecule has 5 heteroatoms. The van der Waals surface area contributed by atoms with Crippen molar-refractivity contribution in [1.29, 1.82) is 0 Å². The zero-order valence-electron chi connectivity index (χ0n) is 13.0. The second-order valence-corrected chi connectivity index (χ2v) is 7.25. The molecule has 0 radical (unpaired) electrons. The van der Waals surface area contributed by atoms with Crippen molar-refractivity contribution in [2.75, 3.05) is 4.90 Å². The molecule has 25 heavy (non-hydrogen) atoms. The highest BCUT2D eigenvalue weighted by atomic mass is 32.2. The van der Waals surface area contributed by atoms with Gasteiger partial charge in [-0.3, -0.25) is 9.69 Å². The highest BCUT2D eigenvalue weighted by Crippen LogP contribution is 2.38. The number of benzene rings is 3. The molecule has 0 saturated carbocycles. The summed E-state index contributed by atoms with van der Waals surface area (Å²) in [5.41, 5.74) is 1.40. The van der Waals surface area contributed by atoms with Crippen molar-refractivity contribution >= 4 is 56.7 Å². The van der Waals surface area contributed by atoms with Crippen LogP contribution in [-0.2, 0) is 4.79 Å². The van der Waals surface area contributed by atoms with E-state index in [9.17, 15) is 9.18 Å². The summed E-state index contributed by atoms with van der Waals surface area (Å²) in [4.78, 5) is 14.9. The van der Waals surface area contributed by atoms with E-state index in [4.69, 9.17) is 12.2 Å². The summed E-state index contributed by atoms with van der Waals surface area (Å²) in [6.07, 6.45) is 1.67. The summed E-state index contributed by atoms with van der Waals surface area (Å²) in [5.74, 6) is -0.520. The van der Waals surface area contributed by atoms with Crippen molar-refractivity contribution in [2.24, 2.45) is 0 Å². The van der Waals surface area contributed by atoms with E-state index in [1.807, 2.05) is 42.5 Å². The second-order valence-electron chi connectivity index (χ2n) is 5.57. The van der Waals surface area contributed by atoms with E-state index in [2.05, 4.69) is 0 Å². The van der Waals surface area contributed by atoms with Gasteiger partial charge in [0.2, 0.25) is 0 Å². The van der Waals surface area contributed by atoms with Crippen LogP contribution in [0.3, 0.4) is 0 Å². The first-order valence-electron chi connectivity index (χ1n) is 7.65. The molecule has 0 aromatic heterocycles. The van der Waals surface area contributed by atoms with Gasteiger partial charge < -0.3 is 0 Å². The Morgan fingerprint density at radius 3 is 2.60 bits per heavy atom. The minimum absolute atomic E-state index is 0.185. The largest absolute Gasteiger partial charge is 0.270 e. The molecule has 1 amide bonds. The molecule has 3 aromatic carbocycles. The first-order chi connectivity index (χ1) is 12.1. The van der Waals surface area contributed by atoms with Gasteiger partial charge in [-0.05, 0) is 35.2 Å². The molecule has 1 aliphatic rings. The van der Waals surface area contributed by atoms with Gasteiger partial charge in [0.15, 0.2) is 4.32 Å². The fourth-order valence-corrected chi connectivity index (χ4v) is 4.11. The topological polar surface area (TPSA) is 20.3 Å². The zero-order chi connectivity index (χ0) is 17.4. The lowest BCUT2D eigenvalue weighted by molar-refractivity contribution is -0.113. The second kappa shape index (κ2) is 6.43. The fourth-order valence-electron chi connectivity index (χ4n) is 2.83. The van der Waals surface area contributed by atoms with Crippen molar-refractivity contribution in [2.45, 2.75) is 0 Å². The smallest absolute Gasteiger partial charge is 0.268 e. The number of amides is 1. The molecule has 4 rings (SSSR count). The zero-order valence-corrected chi connectivity index (χ0v) is 14.6. The summed E-state index contributed by atoms with van der Waals surface area (Å²) in [5, 5.41) is 2.01. The predicted octanol–water partition coefficient (Wildman–Crippen LogP) is 5.38. The Balaban J connectivity index is 1.77. The number of hydrogen-bond acceptors (Lipinski definition) is 3. The van der Waals surface area contributed by atoms with Gasteiger partial charge in [0.1, 0.15) is 5.82 Å². The number of hydrogen-bond donors (Lipinski definition) is 0. The third kappa shape index (κ3) is 2.97. The van der Waals surface area contributed by atoms with Crippen molar-refractivity contribution in [3.05, 3.63) is 83.0 Å². The van der Waals surface area contributed by atoms with Crippen LogP contribution in [0.25, 0.3) is 16.8 Å². The minimum atomic E-state index is -0.335. The third-order valence-corrected chi connectivity index (χ3v) is 5.25. The molecule has 1 saturated heterocycles. The van der Waals surface area contributed by atoms with Crippen LogP contribution < -0.4 is 4.90 Å². The maximum absolute atomic E-state index is 13.4. The van der Waals surface area contributed by atoms with Crippen LogP contribution in [0.4, 0.5) is 10.1 Å². The van der Waals surface area contributed by atoms with Crippen molar-refractivity contribution < 1.29 is 9.18 Å². The van der Waals surface area contributed by atoms with Gasteiger partial charge in [-0.1, -0.05) is 72.5 Å². The van der Waals surface area contributed by atoms with Crippen LogP contribution >= 0.6 is 24.0 Å². The van der Waals surface area contributed by atoms with Gasteiger partial charge in [0.25, 0.3) is 5.91 Å². The summed E-state index contributed by atoms with van der Waals surface area (Å²) in [6, 6.07) is 19.8. The minimum Gasteiger partial charge on any atom is -0.268 e. The fraction of sp³-hybridized carbons (Fsp3) is 0.